The normalized spacial score (nSPS) is 10.4. The van der Waals surface area contributed by atoms with Gasteiger partial charge in [0.25, 0.3) is 0 Å². The van der Waals surface area contributed by atoms with Crippen LogP contribution in [0.15, 0.2) is 6.20 Å². The van der Waals surface area contributed by atoms with Gasteiger partial charge < -0.3 is 20.0 Å². The van der Waals surface area contributed by atoms with Gasteiger partial charge in [0.1, 0.15) is 12.8 Å². The molecule has 0 aliphatic carbocycles. The molecule has 0 unspecified atom stereocenters. The van der Waals surface area contributed by atoms with Crippen molar-refractivity contribution in [1.82, 2.24) is 9.55 Å². The minimum absolute atomic E-state index is 0.0316. The molecule has 106 valence electrons. The van der Waals surface area contributed by atoms with E-state index in [1.54, 1.807) is 0 Å². The fourth-order valence-corrected chi connectivity index (χ4v) is 1.52. The fourth-order valence-electron chi connectivity index (χ4n) is 1.52. The molecular weight excluding hydrogens is 254 g/mol. The zero-order valence-electron chi connectivity index (χ0n) is 10.7. The summed E-state index contributed by atoms with van der Waals surface area (Å²) in [5.74, 6) is -0.643. The van der Waals surface area contributed by atoms with Crippen LogP contribution in [0, 0.1) is 10.1 Å². The van der Waals surface area contributed by atoms with Gasteiger partial charge in [-0.15, -0.1) is 0 Å². The minimum Gasteiger partial charge on any atom is -0.458 e. The number of carbonyl (C=O) groups is 1. The quantitative estimate of drug-likeness (QED) is 0.326. The number of aliphatic hydroxyl groups excluding tert-OH is 1. The predicted octanol–water partition coefficient (Wildman–Crippen LogP) is 0.924. The molecule has 0 bridgehead atoms. The van der Waals surface area contributed by atoms with Crippen LogP contribution in [0.5, 0.6) is 0 Å². The van der Waals surface area contributed by atoms with Crippen LogP contribution in [-0.4, -0.2) is 32.2 Å². The molecule has 0 radical (unpaired) electrons. The van der Waals surface area contributed by atoms with Crippen molar-refractivity contribution in [3.8, 4) is 0 Å². The molecule has 0 saturated heterocycles. The molecule has 1 N–H and O–H groups in total. The zero-order valence-corrected chi connectivity index (χ0v) is 10.7. The van der Waals surface area contributed by atoms with Gasteiger partial charge in [-0.1, -0.05) is 11.4 Å². The molecule has 0 fully saturated rings. The molecule has 0 atom stereocenters. The van der Waals surface area contributed by atoms with Crippen LogP contribution in [0.4, 0.5) is 5.95 Å². The summed E-state index contributed by atoms with van der Waals surface area (Å²) in [7, 11) is 1.50. The summed E-state index contributed by atoms with van der Waals surface area (Å²) in [5.41, 5.74) is 0.468. The van der Waals surface area contributed by atoms with E-state index in [-0.39, 0.29) is 31.6 Å². The van der Waals surface area contributed by atoms with Gasteiger partial charge in [0.2, 0.25) is 0 Å². The Morgan fingerprint density at radius 2 is 2.26 bits per heavy atom. The lowest BCUT2D eigenvalue weighted by Gasteiger charge is -2.03. The molecular formula is C11H17N3O5. The van der Waals surface area contributed by atoms with Gasteiger partial charge in [0, 0.05) is 13.0 Å². The second-order valence-corrected chi connectivity index (χ2v) is 4.06. The van der Waals surface area contributed by atoms with Gasteiger partial charge in [-0.3, -0.25) is 4.79 Å². The lowest BCUT2D eigenvalue weighted by atomic mass is 10.2. The van der Waals surface area contributed by atoms with E-state index in [0.29, 0.717) is 18.5 Å². The molecule has 1 aromatic rings. The second-order valence-electron chi connectivity index (χ2n) is 4.06. The molecule has 0 saturated carbocycles. The molecule has 0 aliphatic heterocycles. The summed E-state index contributed by atoms with van der Waals surface area (Å²) in [4.78, 5) is 25.0. The van der Waals surface area contributed by atoms with Crippen molar-refractivity contribution in [1.29, 1.82) is 0 Å². The van der Waals surface area contributed by atoms with Crippen molar-refractivity contribution < 1.29 is 19.6 Å². The van der Waals surface area contributed by atoms with Gasteiger partial charge in [0.15, 0.2) is 5.69 Å². The number of nitrogens with zero attached hydrogens (tertiary/aromatic N) is 3. The van der Waals surface area contributed by atoms with Crippen molar-refractivity contribution in [3.63, 3.8) is 0 Å². The van der Waals surface area contributed by atoms with Crippen LogP contribution < -0.4 is 0 Å². The number of rotatable bonds is 8. The Balaban J connectivity index is 2.36. The lowest BCUT2D eigenvalue weighted by molar-refractivity contribution is -0.396. The van der Waals surface area contributed by atoms with E-state index in [0.717, 1.165) is 6.42 Å². The minimum atomic E-state index is -0.597. The Labute approximate surface area is 110 Å². The van der Waals surface area contributed by atoms with Crippen molar-refractivity contribution in [2.45, 2.75) is 32.3 Å². The molecule has 1 heterocycles. The number of ether oxygens (including phenoxy) is 1. The number of aliphatic hydroxyl groups is 1. The first-order valence-corrected chi connectivity index (χ1v) is 5.97. The van der Waals surface area contributed by atoms with Crippen LogP contribution in [0.3, 0.4) is 0 Å². The Morgan fingerprint density at radius 1 is 1.53 bits per heavy atom. The Morgan fingerprint density at radius 3 is 2.84 bits per heavy atom. The summed E-state index contributed by atoms with van der Waals surface area (Å²) in [5, 5.41) is 19.2. The first-order chi connectivity index (χ1) is 9.06. The van der Waals surface area contributed by atoms with E-state index in [1.165, 1.54) is 17.8 Å². The Bertz CT molecular complexity index is 444. The SMILES string of the molecule is Cn1c(COC(=O)CCCCCO)cnc1[N+](=O)[O-]. The lowest BCUT2D eigenvalue weighted by Crippen LogP contribution is -2.08. The zero-order chi connectivity index (χ0) is 14.3. The number of esters is 1. The number of hydrogen-bond acceptors (Lipinski definition) is 6. The van der Waals surface area contributed by atoms with Gasteiger partial charge in [-0.25, -0.2) is 4.57 Å². The van der Waals surface area contributed by atoms with E-state index in [9.17, 15) is 14.9 Å². The summed E-state index contributed by atoms with van der Waals surface area (Å²) in [6, 6.07) is 0. The molecule has 8 nitrogen and oxygen atoms in total. The van der Waals surface area contributed by atoms with Crippen LogP contribution in [0.25, 0.3) is 0 Å². The Hall–Kier alpha value is -1.96. The summed E-state index contributed by atoms with van der Waals surface area (Å²) in [6.07, 6.45) is 3.69. The third kappa shape index (κ3) is 4.66. The largest absolute Gasteiger partial charge is 0.458 e. The Kier molecular flexibility index (Phi) is 5.94. The maximum atomic E-state index is 11.4. The first kappa shape index (κ1) is 15.1. The topological polar surface area (TPSA) is 107 Å². The fraction of sp³-hybridized carbons (Fsp3) is 0.636. The second kappa shape index (κ2) is 7.47. The smallest absolute Gasteiger partial charge is 0.434 e. The van der Waals surface area contributed by atoms with Gasteiger partial charge >= 0.3 is 11.9 Å². The van der Waals surface area contributed by atoms with Gasteiger partial charge in [-0.05, 0) is 17.8 Å². The maximum absolute atomic E-state index is 11.4. The summed E-state index contributed by atoms with van der Waals surface area (Å²) < 4.78 is 6.27. The summed E-state index contributed by atoms with van der Waals surface area (Å²) in [6.45, 7) is 0.0872. The average molecular weight is 271 g/mol. The molecule has 8 heteroatoms. The van der Waals surface area contributed by atoms with Crippen molar-refractivity contribution in [2.24, 2.45) is 7.05 Å². The number of hydrogen-bond donors (Lipinski definition) is 1. The molecule has 0 aromatic carbocycles. The third-order valence-electron chi connectivity index (χ3n) is 2.64. The highest BCUT2D eigenvalue weighted by Crippen LogP contribution is 2.12. The third-order valence-corrected chi connectivity index (χ3v) is 2.64. The molecule has 1 rings (SSSR count). The monoisotopic (exact) mass is 271 g/mol. The number of imidazole rings is 1. The highest BCUT2D eigenvalue weighted by molar-refractivity contribution is 5.69. The first-order valence-electron chi connectivity index (χ1n) is 5.97. The van der Waals surface area contributed by atoms with E-state index in [1.807, 2.05) is 0 Å². The predicted molar refractivity (Wildman–Crippen MR) is 65.2 cm³/mol. The summed E-state index contributed by atoms with van der Waals surface area (Å²) >= 11 is 0. The standard InChI is InChI=1S/C11H17N3O5/c1-13-9(7-12-11(13)14(17)18)8-19-10(16)5-3-2-4-6-15/h7,15H,2-6,8H2,1H3. The average Bonchev–Trinajstić information content (AvgIpc) is 2.74. The van der Waals surface area contributed by atoms with E-state index < -0.39 is 4.92 Å². The maximum Gasteiger partial charge on any atom is 0.434 e. The van der Waals surface area contributed by atoms with Crippen LogP contribution in [-0.2, 0) is 23.2 Å². The molecule has 0 aliphatic rings. The highest BCUT2D eigenvalue weighted by atomic mass is 16.6. The van der Waals surface area contributed by atoms with Crippen molar-refractivity contribution in [3.05, 3.63) is 22.0 Å². The van der Waals surface area contributed by atoms with Crippen LogP contribution >= 0.6 is 0 Å². The van der Waals surface area contributed by atoms with Crippen LogP contribution in [0.1, 0.15) is 31.4 Å². The molecule has 0 amide bonds. The number of unbranched alkanes of at least 4 members (excludes halogenated alkanes) is 2. The number of carbonyl (C=O) groups excluding carboxylic acids is 1. The van der Waals surface area contributed by atoms with Crippen molar-refractivity contribution >= 4 is 11.9 Å². The molecule has 1 aromatic heterocycles. The van der Waals surface area contributed by atoms with Gasteiger partial charge in [-0.2, -0.15) is 0 Å². The number of nitro groups is 1. The van der Waals surface area contributed by atoms with Crippen molar-refractivity contribution in [2.75, 3.05) is 6.61 Å². The van der Waals surface area contributed by atoms with E-state index in [2.05, 4.69) is 4.98 Å². The van der Waals surface area contributed by atoms with Crippen LogP contribution in [0.2, 0.25) is 0 Å². The van der Waals surface area contributed by atoms with E-state index >= 15 is 0 Å². The van der Waals surface area contributed by atoms with E-state index in [4.69, 9.17) is 9.84 Å². The molecule has 0 spiro atoms. The number of aromatic nitrogens is 2. The van der Waals surface area contributed by atoms with Gasteiger partial charge in [0.05, 0.1) is 7.05 Å². The molecule has 19 heavy (non-hydrogen) atoms. The highest BCUT2D eigenvalue weighted by Gasteiger charge is 2.18.